The fourth-order valence-corrected chi connectivity index (χ4v) is 3.59. The Bertz CT molecular complexity index is 381. The van der Waals surface area contributed by atoms with Crippen molar-refractivity contribution in [2.45, 2.75) is 136 Å². The molecule has 0 fully saturated rings. The molecule has 3 heteroatoms. The molecule has 0 aliphatic carbocycles. The van der Waals surface area contributed by atoms with Gasteiger partial charge in [-0.1, -0.05) is 109 Å². The standard InChI is InChI=1S/C28H55NO2/c1-3-5-7-9-11-12-13-14-15-16-17-18-19-20-22-24-26-31-28(27-29)30-25-23-21-10-8-6-4-2/h11-12,14-15,28H,3-10,13,16-27,29H2,1-2H3. The Morgan fingerprint density at radius 3 is 1.48 bits per heavy atom. The second-order valence-electron chi connectivity index (χ2n) is 8.76. The van der Waals surface area contributed by atoms with Crippen LogP contribution in [0.5, 0.6) is 0 Å². The zero-order chi connectivity index (χ0) is 22.7. The maximum Gasteiger partial charge on any atom is 0.169 e. The molecule has 0 saturated carbocycles. The van der Waals surface area contributed by atoms with Crippen LogP contribution in [0, 0.1) is 0 Å². The molecule has 3 nitrogen and oxygen atoms in total. The highest BCUT2D eigenvalue weighted by Gasteiger charge is 2.06. The summed E-state index contributed by atoms with van der Waals surface area (Å²) >= 11 is 0. The van der Waals surface area contributed by atoms with Crippen molar-refractivity contribution in [1.29, 1.82) is 0 Å². The van der Waals surface area contributed by atoms with Gasteiger partial charge >= 0.3 is 0 Å². The summed E-state index contributed by atoms with van der Waals surface area (Å²) < 4.78 is 11.6. The second-order valence-corrected chi connectivity index (χ2v) is 8.76. The highest BCUT2D eigenvalue weighted by Crippen LogP contribution is 2.09. The van der Waals surface area contributed by atoms with E-state index in [-0.39, 0.29) is 6.29 Å². The van der Waals surface area contributed by atoms with Gasteiger partial charge < -0.3 is 15.2 Å². The van der Waals surface area contributed by atoms with E-state index >= 15 is 0 Å². The number of hydrogen-bond acceptors (Lipinski definition) is 3. The minimum Gasteiger partial charge on any atom is -0.351 e. The average Bonchev–Trinajstić information content (AvgIpc) is 2.79. The predicted octanol–water partition coefficient (Wildman–Crippen LogP) is 8.48. The Balaban J connectivity index is 3.33. The third-order valence-corrected chi connectivity index (χ3v) is 5.64. The van der Waals surface area contributed by atoms with Gasteiger partial charge in [0, 0.05) is 19.8 Å². The number of hydrogen-bond donors (Lipinski definition) is 1. The summed E-state index contributed by atoms with van der Waals surface area (Å²) in [5.41, 5.74) is 5.77. The van der Waals surface area contributed by atoms with Gasteiger partial charge in [-0.3, -0.25) is 0 Å². The van der Waals surface area contributed by atoms with Crippen molar-refractivity contribution in [2.75, 3.05) is 19.8 Å². The lowest BCUT2D eigenvalue weighted by Gasteiger charge is -2.16. The van der Waals surface area contributed by atoms with Gasteiger partial charge in [0.2, 0.25) is 0 Å². The van der Waals surface area contributed by atoms with E-state index in [1.54, 1.807) is 0 Å². The monoisotopic (exact) mass is 437 g/mol. The van der Waals surface area contributed by atoms with Gasteiger partial charge in [-0.15, -0.1) is 0 Å². The summed E-state index contributed by atoms with van der Waals surface area (Å²) in [4.78, 5) is 0. The largest absolute Gasteiger partial charge is 0.351 e. The Hall–Kier alpha value is -0.640. The molecule has 0 spiro atoms. The molecule has 184 valence electrons. The molecule has 0 aromatic carbocycles. The number of ether oxygens (including phenoxy) is 2. The summed E-state index contributed by atoms with van der Waals surface area (Å²) in [5.74, 6) is 0. The van der Waals surface area contributed by atoms with Gasteiger partial charge in [0.15, 0.2) is 6.29 Å². The fourth-order valence-electron chi connectivity index (χ4n) is 3.59. The van der Waals surface area contributed by atoms with Crippen LogP contribution in [0.25, 0.3) is 0 Å². The number of allylic oxidation sites excluding steroid dienone is 4. The van der Waals surface area contributed by atoms with Gasteiger partial charge in [0.25, 0.3) is 0 Å². The third kappa shape index (κ3) is 25.5. The van der Waals surface area contributed by atoms with Gasteiger partial charge in [-0.2, -0.15) is 0 Å². The molecule has 31 heavy (non-hydrogen) atoms. The minimum atomic E-state index is -0.214. The molecule has 1 unspecified atom stereocenters. The number of nitrogens with two attached hydrogens (primary N) is 1. The molecule has 0 aromatic heterocycles. The van der Waals surface area contributed by atoms with Crippen LogP contribution < -0.4 is 5.73 Å². The summed E-state index contributed by atoms with van der Waals surface area (Å²) in [6.07, 6.45) is 32.0. The van der Waals surface area contributed by atoms with Crippen LogP contribution in [0.15, 0.2) is 24.3 Å². The van der Waals surface area contributed by atoms with Crippen LogP contribution in [0.2, 0.25) is 0 Å². The molecule has 2 N–H and O–H groups in total. The molecule has 0 aromatic rings. The van der Waals surface area contributed by atoms with Crippen molar-refractivity contribution < 1.29 is 9.47 Å². The smallest absolute Gasteiger partial charge is 0.169 e. The van der Waals surface area contributed by atoms with E-state index in [0.717, 1.165) is 32.5 Å². The molecule has 0 aliphatic heterocycles. The Morgan fingerprint density at radius 1 is 0.548 bits per heavy atom. The van der Waals surface area contributed by atoms with Gasteiger partial charge in [-0.05, 0) is 44.9 Å². The third-order valence-electron chi connectivity index (χ3n) is 5.64. The van der Waals surface area contributed by atoms with E-state index < -0.39 is 0 Å². The lowest BCUT2D eigenvalue weighted by molar-refractivity contribution is -0.137. The van der Waals surface area contributed by atoms with Crippen molar-refractivity contribution in [3.63, 3.8) is 0 Å². The average molecular weight is 438 g/mol. The minimum absolute atomic E-state index is 0.214. The maximum atomic E-state index is 5.79. The van der Waals surface area contributed by atoms with Crippen molar-refractivity contribution in [3.05, 3.63) is 24.3 Å². The number of rotatable bonds is 25. The quantitative estimate of drug-likeness (QED) is 0.0884. The molecule has 1 atom stereocenters. The highest BCUT2D eigenvalue weighted by atomic mass is 16.7. The van der Waals surface area contributed by atoms with Crippen molar-refractivity contribution in [1.82, 2.24) is 0 Å². The van der Waals surface area contributed by atoms with E-state index in [0.29, 0.717) is 6.54 Å². The SMILES string of the molecule is CCCCCC=CCC=CCCCCCCCCOC(CN)OCCCCCCCC. The zero-order valence-corrected chi connectivity index (χ0v) is 21.1. The molecule has 0 heterocycles. The van der Waals surface area contributed by atoms with Crippen molar-refractivity contribution in [2.24, 2.45) is 5.73 Å². The Morgan fingerprint density at radius 2 is 0.968 bits per heavy atom. The summed E-state index contributed by atoms with van der Waals surface area (Å²) in [7, 11) is 0. The Labute approximate surface area is 195 Å². The first-order chi connectivity index (χ1) is 15.3. The fraction of sp³-hybridized carbons (Fsp3) is 0.857. The van der Waals surface area contributed by atoms with Gasteiger partial charge in [0.1, 0.15) is 0 Å². The molecule has 0 rings (SSSR count). The molecular formula is C28H55NO2. The van der Waals surface area contributed by atoms with Crippen LogP contribution in [0.4, 0.5) is 0 Å². The van der Waals surface area contributed by atoms with Crippen LogP contribution in [0.1, 0.15) is 129 Å². The zero-order valence-electron chi connectivity index (χ0n) is 21.1. The van der Waals surface area contributed by atoms with Crippen LogP contribution in [0.3, 0.4) is 0 Å². The first-order valence-electron chi connectivity index (χ1n) is 13.6. The molecule has 0 bridgehead atoms. The molecule has 0 amide bonds. The molecule has 0 aliphatic rings. The molecule has 0 saturated heterocycles. The number of unbranched alkanes of at least 4 members (excludes halogenated alkanes) is 14. The highest BCUT2D eigenvalue weighted by molar-refractivity contribution is 4.92. The van der Waals surface area contributed by atoms with Gasteiger partial charge in [-0.25, -0.2) is 0 Å². The molecule has 0 radical (unpaired) electrons. The lowest BCUT2D eigenvalue weighted by atomic mass is 10.1. The van der Waals surface area contributed by atoms with E-state index in [1.165, 1.54) is 96.3 Å². The first-order valence-corrected chi connectivity index (χ1v) is 13.6. The Kier molecular flexibility index (Phi) is 26.8. The molecular weight excluding hydrogens is 382 g/mol. The van der Waals surface area contributed by atoms with Gasteiger partial charge in [0.05, 0.1) is 0 Å². The maximum absolute atomic E-state index is 5.79. The van der Waals surface area contributed by atoms with Crippen molar-refractivity contribution in [3.8, 4) is 0 Å². The van der Waals surface area contributed by atoms with E-state index in [9.17, 15) is 0 Å². The van der Waals surface area contributed by atoms with E-state index in [2.05, 4.69) is 38.2 Å². The van der Waals surface area contributed by atoms with E-state index in [1.807, 2.05) is 0 Å². The first kappa shape index (κ1) is 30.4. The summed E-state index contributed by atoms with van der Waals surface area (Å²) in [6.45, 7) is 6.51. The normalized spacial score (nSPS) is 13.0. The predicted molar refractivity (Wildman–Crippen MR) is 137 cm³/mol. The van der Waals surface area contributed by atoms with E-state index in [4.69, 9.17) is 15.2 Å². The van der Waals surface area contributed by atoms with Crippen LogP contribution >= 0.6 is 0 Å². The topological polar surface area (TPSA) is 44.5 Å². The van der Waals surface area contributed by atoms with Crippen LogP contribution in [-0.4, -0.2) is 26.0 Å². The van der Waals surface area contributed by atoms with Crippen LogP contribution in [-0.2, 0) is 9.47 Å². The lowest BCUT2D eigenvalue weighted by Crippen LogP contribution is -2.27. The summed E-state index contributed by atoms with van der Waals surface area (Å²) in [6, 6.07) is 0. The summed E-state index contributed by atoms with van der Waals surface area (Å²) in [5, 5.41) is 0. The van der Waals surface area contributed by atoms with Crippen molar-refractivity contribution >= 4 is 0 Å². The second kappa shape index (κ2) is 27.4.